The monoisotopic (exact) mass is 385 g/mol. The molecule has 0 aliphatic carbocycles. The van der Waals surface area contributed by atoms with E-state index in [1.54, 1.807) is 6.92 Å². The topological polar surface area (TPSA) is 81.7 Å². The van der Waals surface area contributed by atoms with Gasteiger partial charge in [0.05, 0.1) is 18.4 Å². The van der Waals surface area contributed by atoms with E-state index in [1.165, 1.54) is 0 Å². The number of hydrogen-bond donors (Lipinski definition) is 1. The summed E-state index contributed by atoms with van der Waals surface area (Å²) in [4.78, 5) is 36.2. The standard InChI is InChI=1S/C21H39NO5/c1-6-10-12-17(8-3)20(24)26-15-14-22-19(23)16(5)27-21(25)18(9-4)13-11-7-2/h16-18H,6-15H2,1-5H3,(H,22,23). The zero-order valence-electron chi connectivity index (χ0n) is 17.8. The summed E-state index contributed by atoms with van der Waals surface area (Å²) in [5, 5.41) is 2.65. The number of carbonyl (C=O) groups is 3. The van der Waals surface area contributed by atoms with Crippen molar-refractivity contribution in [3.8, 4) is 0 Å². The summed E-state index contributed by atoms with van der Waals surface area (Å²) >= 11 is 0. The first-order chi connectivity index (χ1) is 12.9. The summed E-state index contributed by atoms with van der Waals surface area (Å²) in [7, 11) is 0. The molecule has 0 aliphatic heterocycles. The van der Waals surface area contributed by atoms with Crippen molar-refractivity contribution < 1.29 is 23.9 Å². The van der Waals surface area contributed by atoms with Crippen LogP contribution < -0.4 is 5.32 Å². The Morgan fingerprint density at radius 2 is 1.37 bits per heavy atom. The van der Waals surface area contributed by atoms with Gasteiger partial charge < -0.3 is 14.8 Å². The van der Waals surface area contributed by atoms with E-state index in [4.69, 9.17) is 9.47 Å². The van der Waals surface area contributed by atoms with E-state index in [1.807, 2.05) is 13.8 Å². The van der Waals surface area contributed by atoms with Crippen LogP contribution in [0.15, 0.2) is 0 Å². The van der Waals surface area contributed by atoms with E-state index in [0.717, 1.165) is 44.9 Å². The molecule has 0 heterocycles. The Kier molecular flexibility index (Phi) is 14.6. The summed E-state index contributed by atoms with van der Waals surface area (Å²) in [6, 6.07) is 0. The molecule has 0 rings (SSSR count). The first kappa shape index (κ1) is 25.4. The Morgan fingerprint density at radius 3 is 1.85 bits per heavy atom. The maximum atomic E-state index is 12.1. The molecule has 1 N–H and O–H groups in total. The third kappa shape index (κ3) is 11.0. The number of nitrogens with one attached hydrogen (secondary N) is 1. The Bertz CT molecular complexity index is 438. The average molecular weight is 386 g/mol. The highest BCUT2D eigenvalue weighted by molar-refractivity contribution is 5.83. The normalized spacial score (nSPS) is 14.1. The minimum atomic E-state index is -0.850. The highest BCUT2D eigenvalue weighted by atomic mass is 16.5. The van der Waals surface area contributed by atoms with Gasteiger partial charge in [0.15, 0.2) is 6.10 Å². The van der Waals surface area contributed by atoms with Gasteiger partial charge >= 0.3 is 11.9 Å². The maximum Gasteiger partial charge on any atom is 0.309 e. The van der Waals surface area contributed by atoms with Crippen molar-refractivity contribution in [1.82, 2.24) is 5.32 Å². The lowest BCUT2D eigenvalue weighted by atomic mass is 10.00. The predicted octanol–water partition coefficient (Wildman–Crippen LogP) is 4.01. The van der Waals surface area contributed by atoms with Crippen molar-refractivity contribution in [2.75, 3.05) is 13.2 Å². The molecule has 0 aromatic carbocycles. The lowest BCUT2D eigenvalue weighted by molar-refractivity contribution is -0.159. The van der Waals surface area contributed by atoms with Gasteiger partial charge in [-0.15, -0.1) is 0 Å². The second kappa shape index (κ2) is 15.5. The zero-order chi connectivity index (χ0) is 20.7. The Balaban J connectivity index is 4.16. The third-order valence-electron chi connectivity index (χ3n) is 4.77. The van der Waals surface area contributed by atoms with E-state index >= 15 is 0 Å². The van der Waals surface area contributed by atoms with Gasteiger partial charge in [0.1, 0.15) is 6.61 Å². The molecule has 0 aromatic heterocycles. The quantitative estimate of drug-likeness (QED) is 0.340. The SMILES string of the molecule is CCCCC(CC)C(=O)OCCNC(=O)C(C)OC(=O)C(CC)CCCC. The molecule has 0 bridgehead atoms. The minimum Gasteiger partial charge on any atom is -0.464 e. The number of ether oxygens (including phenoxy) is 2. The molecule has 3 unspecified atom stereocenters. The van der Waals surface area contributed by atoms with Crippen LogP contribution in [-0.2, 0) is 23.9 Å². The summed E-state index contributed by atoms with van der Waals surface area (Å²) in [6.45, 7) is 9.99. The zero-order valence-corrected chi connectivity index (χ0v) is 17.8. The minimum absolute atomic E-state index is 0.0744. The molecule has 0 fully saturated rings. The Labute approximate surface area is 164 Å². The molecule has 3 atom stereocenters. The number of hydrogen-bond acceptors (Lipinski definition) is 5. The van der Waals surface area contributed by atoms with Gasteiger partial charge in [-0.05, 0) is 32.6 Å². The summed E-state index contributed by atoms with van der Waals surface area (Å²) < 4.78 is 10.5. The smallest absolute Gasteiger partial charge is 0.309 e. The predicted molar refractivity (Wildman–Crippen MR) is 106 cm³/mol. The summed E-state index contributed by atoms with van der Waals surface area (Å²) in [5.74, 6) is -1.13. The van der Waals surface area contributed by atoms with Gasteiger partial charge in [-0.2, -0.15) is 0 Å². The van der Waals surface area contributed by atoms with Crippen molar-refractivity contribution in [3.05, 3.63) is 0 Å². The molecule has 158 valence electrons. The average Bonchev–Trinajstić information content (AvgIpc) is 2.66. The Morgan fingerprint density at radius 1 is 0.852 bits per heavy atom. The highest BCUT2D eigenvalue weighted by Crippen LogP contribution is 2.16. The van der Waals surface area contributed by atoms with Gasteiger partial charge in [-0.3, -0.25) is 14.4 Å². The van der Waals surface area contributed by atoms with Gasteiger partial charge in [0.2, 0.25) is 0 Å². The molecule has 0 radical (unpaired) electrons. The molecule has 27 heavy (non-hydrogen) atoms. The third-order valence-corrected chi connectivity index (χ3v) is 4.77. The molecular weight excluding hydrogens is 346 g/mol. The van der Waals surface area contributed by atoms with Crippen molar-refractivity contribution in [2.24, 2.45) is 11.8 Å². The number of amides is 1. The number of rotatable bonds is 15. The van der Waals surface area contributed by atoms with Crippen molar-refractivity contribution in [1.29, 1.82) is 0 Å². The van der Waals surface area contributed by atoms with Crippen LogP contribution >= 0.6 is 0 Å². The van der Waals surface area contributed by atoms with Crippen LogP contribution in [0.3, 0.4) is 0 Å². The number of esters is 2. The fraction of sp³-hybridized carbons (Fsp3) is 0.857. The van der Waals surface area contributed by atoms with Gasteiger partial charge in [-0.1, -0.05) is 53.4 Å². The van der Waals surface area contributed by atoms with E-state index < -0.39 is 6.10 Å². The molecule has 0 saturated carbocycles. The second-order valence-corrected chi connectivity index (χ2v) is 7.03. The molecule has 0 aromatic rings. The summed E-state index contributed by atoms with van der Waals surface area (Å²) in [5.41, 5.74) is 0. The van der Waals surface area contributed by atoms with E-state index in [2.05, 4.69) is 19.2 Å². The molecule has 6 heteroatoms. The van der Waals surface area contributed by atoms with Crippen LogP contribution in [0.2, 0.25) is 0 Å². The molecule has 0 aliphatic rings. The van der Waals surface area contributed by atoms with Gasteiger partial charge in [0, 0.05) is 0 Å². The van der Waals surface area contributed by atoms with E-state index in [0.29, 0.717) is 6.42 Å². The van der Waals surface area contributed by atoms with Crippen molar-refractivity contribution in [3.63, 3.8) is 0 Å². The second-order valence-electron chi connectivity index (χ2n) is 7.03. The van der Waals surface area contributed by atoms with Crippen LogP contribution in [0.5, 0.6) is 0 Å². The fourth-order valence-corrected chi connectivity index (χ4v) is 2.79. The van der Waals surface area contributed by atoms with E-state index in [-0.39, 0.29) is 42.8 Å². The molecule has 0 saturated heterocycles. The van der Waals surface area contributed by atoms with Crippen LogP contribution in [0.1, 0.15) is 86.0 Å². The lowest BCUT2D eigenvalue weighted by Gasteiger charge is -2.18. The number of unbranched alkanes of at least 4 members (excludes halogenated alkanes) is 2. The molecule has 6 nitrogen and oxygen atoms in total. The Hall–Kier alpha value is -1.59. The largest absolute Gasteiger partial charge is 0.464 e. The first-order valence-corrected chi connectivity index (χ1v) is 10.6. The fourth-order valence-electron chi connectivity index (χ4n) is 2.79. The van der Waals surface area contributed by atoms with Crippen molar-refractivity contribution in [2.45, 2.75) is 92.1 Å². The van der Waals surface area contributed by atoms with Crippen LogP contribution in [0, 0.1) is 11.8 Å². The molecule has 0 spiro atoms. The lowest BCUT2D eigenvalue weighted by Crippen LogP contribution is -2.39. The molecule has 1 amide bonds. The maximum absolute atomic E-state index is 12.1. The summed E-state index contributed by atoms with van der Waals surface area (Å²) in [6.07, 6.45) is 6.28. The highest BCUT2D eigenvalue weighted by Gasteiger charge is 2.23. The molecular formula is C21H39NO5. The number of carbonyl (C=O) groups excluding carboxylic acids is 3. The van der Waals surface area contributed by atoms with Crippen molar-refractivity contribution >= 4 is 17.8 Å². The van der Waals surface area contributed by atoms with Gasteiger partial charge in [0.25, 0.3) is 5.91 Å². The van der Waals surface area contributed by atoms with Crippen LogP contribution in [0.4, 0.5) is 0 Å². The van der Waals surface area contributed by atoms with E-state index in [9.17, 15) is 14.4 Å². The van der Waals surface area contributed by atoms with Crippen LogP contribution in [-0.4, -0.2) is 37.1 Å². The van der Waals surface area contributed by atoms with Crippen LogP contribution in [0.25, 0.3) is 0 Å². The first-order valence-electron chi connectivity index (χ1n) is 10.6. The van der Waals surface area contributed by atoms with Gasteiger partial charge in [-0.25, -0.2) is 0 Å².